The Hall–Kier alpha value is -2.89. The monoisotopic (exact) mass is 312 g/mol. The van der Waals surface area contributed by atoms with Gasteiger partial charge in [-0.1, -0.05) is 30.3 Å². The second-order valence-corrected chi connectivity index (χ2v) is 5.28. The molecule has 0 bridgehead atoms. The number of aromatic hydroxyl groups is 1. The van der Waals surface area contributed by atoms with Gasteiger partial charge in [0, 0.05) is 12.0 Å². The van der Waals surface area contributed by atoms with Gasteiger partial charge in [0.2, 0.25) is 5.91 Å². The lowest BCUT2D eigenvalue weighted by Crippen LogP contribution is -2.35. The molecule has 0 spiro atoms. The third kappa shape index (κ3) is 2.75. The van der Waals surface area contributed by atoms with Crippen LogP contribution in [0.4, 0.5) is 5.69 Å². The molecule has 0 saturated heterocycles. The van der Waals surface area contributed by atoms with Crippen molar-refractivity contribution >= 4 is 17.6 Å². The Morgan fingerprint density at radius 2 is 2.04 bits per heavy atom. The Morgan fingerprint density at radius 3 is 2.74 bits per heavy atom. The average Bonchev–Trinajstić information content (AvgIpc) is 2.58. The van der Waals surface area contributed by atoms with E-state index in [0.717, 1.165) is 5.56 Å². The van der Waals surface area contributed by atoms with E-state index < -0.39 is 5.97 Å². The molecule has 6 heteroatoms. The number of ether oxygens (including phenoxy) is 1. The smallest absolute Gasteiger partial charge is 0.360 e. The zero-order chi connectivity index (χ0) is 16.4. The molecule has 1 amide bonds. The summed E-state index contributed by atoms with van der Waals surface area (Å²) in [5.41, 5.74) is 1.94. The molecule has 1 aromatic heterocycles. The number of amides is 1. The van der Waals surface area contributed by atoms with E-state index in [2.05, 4.69) is 9.72 Å². The number of hydrogen-bond donors (Lipinski definition) is 1. The highest BCUT2D eigenvalue weighted by atomic mass is 16.5. The largest absolute Gasteiger partial charge is 0.505 e. The number of carbonyl (C=O) groups excluding carboxylic acids is 2. The standard InChI is InChI=1S/C17H16N2O4/c1-23-17(22)15-16(21)12-7-8-14(20)19(13(12)9-18-15)10-11-5-3-2-4-6-11/h2-6,9,21H,7-8,10H2,1H3. The number of hydrogen-bond acceptors (Lipinski definition) is 5. The first kappa shape index (κ1) is 15.0. The summed E-state index contributed by atoms with van der Waals surface area (Å²) in [7, 11) is 1.23. The molecule has 3 rings (SSSR count). The molecule has 0 aliphatic carbocycles. The molecule has 23 heavy (non-hydrogen) atoms. The van der Waals surface area contributed by atoms with Gasteiger partial charge in [-0.25, -0.2) is 9.78 Å². The Bertz CT molecular complexity index is 759. The molecule has 1 aromatic carbocycles. The van der Waals surface area contributed by atoms with Crippen molar-refractivity contribution in [2.24, 2.45) is 0 Å². The molecular weight excluding hydrogens is 296 g/mol. The minimum Gasteiger partial charge on any atom is -0.505 e. The van der Waals surface area contributed by atoms with Crippen LogP contribution < -0.4 is 4.90 Å². The van der Waals surface area contributed by atoms with Gasteiger partial charge in [0.25, 0.3) is 0 Å². The maximum absolute atomic E-state index is 12.3. The number of carbonyl (C=O) groups is 2. The first-order chi connectivity index (χ1) is 11.1. The summed E-state index contributed by atoms with van der Waals surface area (Å²) in [6.45, 7) is 0.394. The van der Waals surface area contributed by atoms with Crippen molar-refractivity contribution < 1.29 is 19.4 Å². The van der Waals surface area contributed by atoms with Gasteiger partial charge in [0.05, 0.1) is 25.5 Å². The fourth-order valence-electron chi connectivity index (χ4n) is 2.69. The number of rotatable bonds is 3. The van der Waals surface area contributed by atoms with Crippen LogP contribution in [0.15, 0.2) is 36.5 Å². The Balaban J connectivity index is 2.00. The second kappa shape index (κ2) is 6.08. The van der Waals surface area contributed by atoms with Gasteiger partial charge in [0.1, 0.15) is 0 Å². The predicted octanol–water partition coefficient (Wildman–Crippen LogP) is 2.05. The van der Waals surface area contributed by atoms with Crippen LogP contribution in [0.2, 0.25) is 0 Å². The number of aromatic nitrogens is 1. The molecule has 2 aromatic rings. The van der Waals surface area contributed by atoms with E-state index in [-0.39, 0.29) is 23.8 Å². The lowest BCUT2D eigenvalue weighted by molar-refractivity contribution is -0.119. The zero-order valence-electron chi connectivity index (χ0n) is 12.7. The van der Waals surface area contributed by atoms with Crippen molar-refractivity contribution in [1.82, 2.24) is 4.98 Å². The quantitative estimate of drug-likeness (QED) is 0.878. The van der Waals surface area contributed by atoms with E-state index in [1.165, 1.54) is 13.3 Å². The minimum absolute atomic E-state index is 0.0339. The van der Waals surface area contributed by atoms with Crippen molar-refractivity contribution in [3.63, 3.8) is 0 Å². The molecule has 0 atom stereocenters. The summed E-state index contributed by atoms with van der Waals surface area (Å²) in [4.78, 5) is 29.5. The van der Waals surface area contributed by atoms with Crippen LogP contribution >= 0.6 is 0 Å². The summed E-state index contributed by atoms with van der Waals surface area (Å²) in [6, 6.07) is 9.57. The summed E-state index contributed by atoms with van der Waals surface area (Å²) in [5.74, 6) is -0.940. The third-order valence-electron chi connectivity index (χ3n) is 3.88. The van der Waals surface area contributed by atoms with E-state index >= 15 is 0 Å². The molecule has 0 saturated carbocycles. The van der Waals surface area contributed by atoms with Gasteiger partial charge in [-0.05, 0) is 12.0 Å². The summed E-state index contributed by atoms with van der Waals surface area (Å²) in [6.07, 6.45) is 2.09. The molecule has 0 unspecified atom stereocenters. The minimum atomic E-state index is -0.697. The van der Waals surface area contributed by atoms with Crippen molar-refractivity contribution in [1.29, 1.82) is 0 Å². The van der Waals surface area contributed by atoms with Crippen LogP contribution in [0.5, 0.6) is 5.75 Å². The maximum Gasteiger partial charge on any atom is 0.360 e. The van der Waals surface area contributed by atoms with Gasteiger partial charge in [-0.3, -0.25) is 4.79 Å². The molecule has 1 aliphatic rings. The Kier molecular flexibility index (Phi) is 3.97. The number of anilines is 1. The molecule has 0 radical (unpaired) electrons. The van der Waals surface area contributed by atoms with Crippen LogP contribution in [0.3, 0.4) is 0 Å². The van der Waals surface area contributed by atoms with Crippen LogP contribution in [-0.4, -0.2) is 29.1 Å². The predicted molar refractivity (Wildman–Crippen MR) is 83.2 cm³/mol. The molecule has 6 nitrogen and oxygen atoms in total. The summed E-state index contributed by atoms with van der Waals surface area (Å²) < 4.78 is 4.61. The van der Waals surface area contributed by atoms with Crippen molar-refractivity contribution in [2.75, 3.05) is 12.0 Å². The van der Waals surface area contributed by atoms with Gasteiger partial charge < -0.3 is 14.7 Å². The van der Waals surface area contributed by atoms with E-state index in [4.69, 9.17) is 0 Å². The number of pyridine rings is 1. The Labute approximate surface area is 133 Å². The van der Waals surface area contributed by atoms with Gasteiger partial charge >= 0.3 is 5.97 Å². The molecule has 1 aliphatic heterocycles. The van der Waals surface area contributed by atoms with Gasteiger partial charge in [-0.15, -0.1) is 0 Å². The Morgan fingerprint density at radius 1 is 1.30 bits per heavy atom. The SMILES string of the molecule is COC(=O)c1ncc2c(c1O)CCC(=O)N2Cc1ccccc1. The molecule has 0 fully saturated rings. The number of methoxy groups -OCH3 is 1. The topological polar surface area (TPSA) is 79.7 Å². The fourth-order valence-corrected chi connectivity index (χ4v) is 2.69. The average molecular weight is 312 g/mol. The van der Waals surface area contributed by atoms with Crippen LogP contribution in [0.25, 0.3) is 0 Å². The van der Waals surface area contributed by atoms with Crippen molar-refractivity contribution in [2.45, 2.75) is 19.4 Å². The highest BCUT2D eigenvalue weighted by Gasteiger charge is 2.29. The highest BCUT2D eigenvalue weighted by Crippen LogP contribution is 2.36. The fraction of sp³-hybridized carbons (Fsp3) is 0.235. The van der Waals surface area contributed by atoms with Crippen LogP contribution in [-0.2, 0) is 22.5 Å². The zero-order valence-corrected chi connectivity index (χ0v) is 12.7. The highest BCUT2D eigenvalue weighted by molar-refractivity contribution is 5.98. The van der Waals surface area contributed by atoms with Gasteiger partial charge in [0.15, 0.2) is 11.4 Å². The third-order valence-corrected chi connectivity index (χ3v) is 3.88. The molecular formula is C17H16N2O4. The normalized spacial score (nSPS) is 13.6. The molecule has 2 heterocycles. The van der Waals surface area contributed by atoms with Gasteiger partial charge in [-0.2, -0.15) is 0 Å². The van der Waals surface area contributed by atoms with E-state index in [9.17, 15) is 14.7 Å². The van der Waals surface area contributed by atoms with E-state index in [1.807, 2.05) is 30.3 Å². The first-order valence-corrected chi connectivity index (χ1v) is 7.25. The van der Waals surface area contributed by atoms with Crippen LogP contribution in [0, 0.1) is 0 Å². The van der Waals surface area contributed by atoms with E-state index in [1.54, 1.807) is 4.90 Å². The second-order valence-electron chi connectivity index (χ2n) is 5.28. The van der Waals surface area contributed by atoms with Crippen molar-refractivity contribution in [3.05, 3.63) is 53.3 Å². The lowest BCUT2D eigenvalue weighted by atomic mass is 10.00. The molecule has 118 valence electrons. The molecule has 1 N–H and O–H groups in total. The van der Waals surface area contributed by atoms with Crippen LogP contribution in [0.1, 0.15) is 28.0 Å². The lowest BCUT2D eigenvalue weighted by Gasteiger charge is -2.29. The van der Waals surface area contributed by atoms with Crippen molar-refractivity contribution in [3.8, 4) is 5.75 Å². The number of fused-ring (bicyclic) bond motifs is 1. The summed E-state index contributed by atoms with van der Waals surface area (Å²) in [5, 5.41) is 10.3. The number of nitrogens with zero attached hydrogens (tertiary/aromatic N) is 2. The van der Waals surface area contributed by atoms with E-state index in [0.29, 0.717) is 24.2 Å². The number of esters is 1. The first-order valence-electron chi connectivity index (χ1n) is 7.25. The number of benzene rings is 1. The maximum atomic E-state index is 12.3. The summed E-state index contributed by atoms with van der Waals surface area (Å²) >= 11 is 0.